The molecule has 0 aliphatic carbocycles. The third-order valence-corrected chi connectivity index (χ3v) is 2.70. The summed E-state index contributed by atoms with van der Waals surface area (Å²) in [5.41, 5.74) is 2.73. The molecule has 1 rings (SSSR count). The highest BCUT2D eigenvalue weighted by molar-refractivity contribution is 14.0. The van der Waals surface area contributed by atoms with E-state index >= 15 is 0 Å². The average molecular weight is 361 g/mol. The van der Waals surface area contributed by atoms with E-state index in [1.54, 1.807) is 0 Å². The molecule has 18 heavy (non-hydrogen) atoms. The first-order valence-electron chi connectivity index (χ1n) is 5.96. The molecule has 0 spiro atoms. The lowest BCUT2D eigenvalue weighted by Crippen LogP contribution is -2.35. The average Bonchev–Trinajstić information content (AvgIpc) is 2.25. The lowest BCUT2D eigenvalue weighted by Gasteiger charge is -2.22. The highest BCUT2D eigenvalue weighted by atomic mass is 127. The van der Waals surface area contributed by atoms with E-state index in [1.807, 2.05) is 38.0 Å². The molecule has 0 N–H and O–H groups in total. The Kier molecular flexibility index (Phi) is 7.98. The molecule has 0 unspecified atom stereocenters. The van der Waals surface area contributed by atoms with Crippen molar-refractivity contribution in [2.24, 2.45) is 4.99 Å². The minimum atomic E-state index is 0. The van der Waals surface area contributed by atoms with Crippen molar-refractivity contribution in [3.63, 3.8) is 0 Å². The molecule has 4 heteroatoms. The quantitative estimate of drug-likeness (QED) is 0.468. The Balaban J connectivity index is 0.00000289. The first kappa shape index (κ1) is 17.2. The van der Waals surface area contributed by atoms with E-state index < -0.39 is 0 Å². The van der Waals surface area contributed by atoms with Gasteiger partial charge in [0.2, 0.25) is 0 Å². The van der Waals surface area contributed by atoms with Crippen molar-refractivity contribution in [1.82, 2.24) is 9.80 Å². The number of nitrogens with zero attached hydrogens (tertiary/aromatic N) is 3. The standard InChI is InChI=1S/C14H23N3.HI/c1-12-8-6-7-9-13(12)10-11-15-14(16(2)3)17(4)5;/h6-9H,10-11H2,1-5H3;1H. The molecule has 0 aliphatic heterocycles. The number of benzene rings is 1. The molecule has 0 saturated carbocycles. The highest BCUT2D eigenvalue weighted by Gasteiger charge is 2.03. The predicted molar refractivity (Wildman–Crippen MR) is 90.0 cm³/mol. The van der Waals surface area contributed by atoms with E-state index in [-0.39, 0.29) is 24.0 Å². The molecule has 1 aromatic rings. The Morgan fingerprint density at radius 3 is 2.11 bits per heavy atom. The molecule has 0 heterocycles. The summed E-state index contributed by atoms with van der Waals surface area (Å²) >= 11 is 0. The van der Waals surface area contributed by atoms with Gasteiger partial charge in [-0.25, -0.2) is 0 Å². The van der Waals surface area contributed by atoms with Gasteiger partial charge in [-0.2, -0.15) is 0 Å². The van der Waals surface area contributed by atoms with E-state index in [4.69, 9.17) is 0 Å². The maximum atomic E-state index is 4.63. The first-order valence-corrected chi connectivity index (χ1v) is 5.96. The highest BCUT2D eigenvalue weighted by Crippen LogP contribution is 2.07. The summed E-state index contributed by atoms with van der Waals surface area (Å²) in [6, 6.07) is 8.49. The number of halogens is 1. The fraction of sp³-hybridized carbons (Fsp3) is 0.500. The van der Waals surface area contributed by atoms with Gasteiger partial charge in [-0.05, 0) is 24.5 Å². The lowest BCUT2D eigenvalue weighted by molar-refractivity contribution is 0.479. The van der Waals surface area contributed by atoms with Gasteiger partial charge in [-0.15, -0.1) is 24.0 Å². The summed E-state index contributed by atoms with van der Waals surface area (Å²) in [4.78, 5) is 8.71. The van der Waals surface area contributed by atoms with Crippen LogP contribution in [0.15, 0.2) is 29.3 Å². The molecule has 1 aromatic carbocycles. The van der Waals surface area contributed by atoms with Crippen molar-refractivity contribution < 1.29 is 0 Å². The minimum Gasteiger partial charge on any atom is -0.349 e. The van der Waals surface area contributed by atoms with Crippen molar-refractivity contribution >= 4 is 29.9 Å². The van der Waals surface area contributed by atoms with Gasteiger partial charge < -0.3 is 9.80 Å². The van der Waals surface area contributed by atoms with Crippen LogP contribution in [0.3, 0.4) is 0 Å². The smallest absolute Gasteiger partial charge is 0.195 e. The molecule has 0 amide bonds. The van der Waals surface area contributed by atoms with Crippen LogP contribution in [-0.4, -0.2) is 50.5 Å². The second-order valence-corrected chi connectivity index (χ2v) is 4.65. The maximum absolute atomic E-state index is 4.63. The second kappa shape index (κ2) is 8.34. The minimum absolute atomic E-state index is 0. The van der Waals surface area contributed by atoms with E-state index in [9.17, 15) is 0 Å². The SMILES string of the molecule is Cc1ccccc1CCN=C(N(C)C)N(C)C.I. The van der Waals surface area contributed by atoms with Crippen LogP contribution in [-0.2, 0) is 6.42 Å². The van der Waals surface area contributed by atoms with Crippen molar-refractivity contribution in [3.8, 4) is 0 Å². The third kappa shape index (κ3) is 5.25. The molecule has 0 atom stereocenters. The Hall–Kier alpha value is -0.780. The van der Waals surface area contributed by atoms with Crippen molar-refractivity contribution in [2.75, 3.05) is 34.7 Å². The van der Waals surface area contributed by atoms with Gasteiger partial charge >= 0.3 is 0 Å². The molecule has 102 valence electrons. The molecule has 3 nitrogen and oxygen atoms in total. The van der Waals surface area contributed by atoms with E-state index in [0.29, 0.717) is 0 Å². The molecule has 0 aromatic heterocycles. The Labute approximate surface area is 128 Å². The zero-order valence-corrected chi connectivity index (χ0v) is 14.3. The molecule has 0 fully saturated rings. The van der Waals surface area contributed by atoms with Crippen LogP contribution in [0.1, 0.15) is 11.1 Å². The molecule has 0 aliphatic rings. The molecule has 0 radical (unpaired) electrons. The van der Waals surface area contributed by atoms with Crippen LogP contribution in [0.2, 0.25) is 0 Å². The first-order chi connectivity index (χ1) is 8.02. The third-order valence-electron chi connectivity index (χ3n) is 2.70. The lowest BCUT2D eigenvalue weighted by atomic mass is 10.1. The van der Waals surface area contributed by atoms with Gasteiger partial charge in [-0.1, -0.05) is 24.3 Å². The summed E-state index contributed by atoms with van der Waals surface area (Å²) in [5.74, 6) is 1.01. The number of guanidine groups is 1. The van der Waals surface area contributed by atoms with Crippen LogP contribution in [0.4, 0.5) is 0 Å². The van der Waals surface area contributed by atoms with Gasteiger partial charge in [0, 0.05) is 34.7 Å². The van der Waals surface area contributed by atoms with Gasteiger partial charge in [0.15, 0.2) is 5.96 Å². The normalized spacial score (nSPS) is 9.39. The van der Waals surface area contributed by atoms with Crippen LogP contribution in [0.25, 0.3) is 0 Å². The molecule has 0 bridgehead atoms. The number of hydrogen-bond donors (Lipinski definition) is 0. The van der Waals surface area contributed by atoms with Gasteiger partial charge in [0.05, 0.1) is 0 Å². The van der Waals surface area contributed by atoms with Gasteiger partial charge in [0.25, 0.3) is 0 Å². The van der Waals surface area contributed by atoms with Crippen molar-refractivity contribution in [3.05, 3.63) is 35.4 Å². The number of hydrogen-bond acceptors (Lipinski definition) is 1. The summed E-state index contributed by atoms with van der Waals surface area (Å²) < 4.78 is 0. The van der Waals surface area contributed by atoms with Crippen molar-refractivity contribution in [1.29, 1.82) is 0 Å². The molecular weight excluding hydrogens is 337 g/mol. The van der Waals surface area contributed by atoms with Gasteiger partial charge in [-0.3, -0.25) is 4.99 Å². The summed E-state index contributed by atoms with van der Waals surface area (Å²) in [5, 5.41) is 0. The number of aliphatic imine (C=N–C) groups is 1. The van der Waals surface area contributed by atoms with Gasteiger partial charge in [0.1, 0.15) is 0 Å². The molecular formula is C14H24IN3. The summed E-state index contributed by atoms with van der Waals surface area (Å²) in [6.45, 7) is 2.98. The zero-order valence-electron chi connectivity index (χ0n) is 12.0. The van der Waals surface area contributed by atoms with Crippen LogP contribution >= 0.6 is 24.0 Å². The summed E-state index contributed by atoms with van der Waals surface area (Å²) in [6.07, 6.45) is 0.998. The Bertz CT molecular complexity index is 376. The summed E-state index contributed by atoms with van der Waals surface area (Å²) in [7, 11) is 8.08. The second-order valence-electron chi connectivity index (χ2n) is 4.65. The fourth-order valence-corrected chi connectivity index (χ4v) is 1.85. The number of aryl methyl sites for hydroxylation is 1. The maximum Gasteiger partial charge on any atom is 0.195 e. The van der Waals surface area contributed by atoms with E-state index in [0.717, 1.165) is 18.9 Å². The number of rotatable bonds is 3. The van der Waals surface area contributed by atoms with Crippen LogP contribution in [0.5, 0.6) is 0 Å². The monoisotopic (exact) mass is 361 g/mol. The zero-order chi connectivity index (χ0) is 12.8. The van der Waals surface area contributed by atoms with Crippen molar-refractivity contribution in [2.45, 2.75) is 13.3 Å². The largest absolute Gasteiger partial charge is 0.349 e. The fourth-order valence-electron chi connectivity index (χ4n) is 1.85. The Morgan fingerprint density at radius 2 is 1.61 bits per heavy atom. The van der Waals surface area contributed by atoms with E-state index in [1.165, 1.54) is 11.1 Å². The Morgan fingerprint density at radius 1 is 1.06 bits per heavy atom. The van der Waals surface area contributed by atoms with Crippen LogP contribution in [0, 0.1) is 6.92 Å². The molecule has 0 saturated heterocycles. The topological polar surface area (TPSA) is 18.8 Å². The predicted octanol–water partition coefficient (Wildman–Crippen LogP) is 2.63. The van der Waals surface area contributed by atoms with Crippen LogP contribution < -0.4 is 0 Å². The van der Waals surface area contributed by atoms with E-state index in [2.05, 4.69) is 36.2 Å².